The van der Waals surface area contributed by atoms with Gasteiger partial charge in [-0.3, -0.25) is 4.79 Å². The van der Waals surface area contributed by atoms with Crippen molar-refractivity contribution >= 4 is 34.1 Å². The first-order valence-electron chi connectivity index (χ1n) is 10.3. The Bertz CT molecular complexity index is 1260. The highest BCUT2D eigenvalue weighted by atomic mass is 32.1. The van der Waals surface area contributed by atoms with Gasteiger partial charge in [-0.25, -0.2) is 15.0 Å². The second-order valence-corrected chi connectivity index (χ2v) is 9.53. The van der Waals surface area contributed by atoms with Gasteiger partial charge >= 0.3 is 0 Å². The predicted molar refractivity (Wildman–Crippen MR) is 117 cm³/mol. The van der Waals surface area contributed by atoms with Crippen LogP contribution in [0.4, 0.5) is 5.82 Å². The van der Waals surface area contributed by atoms with Crippen LogP contribution in [0.15, 0.2) is 18.5 Å². The zero-order valence-corrected chi connectivity index (χ0v) is 18.3. The fraction of sp³-hybridized carbons (Fsp3) is 0.455. The van der Waals surface area contributed by atoms with E-state index in [1.54, 1.807) is 22.2 Å². The van der Waals surface area contributed by atoms with E-state index in [2.05, 4.69) is 32.1 Å². The third-order valence-electron chi connectivity index (χ3n) is 6.45. The number of nitrogens with zero attached hydrogens (tertiary/aromatic N) is 4. The Hall–Kier alpha value is -2.80. The van der Waals surface area contributed by atoms with Crippen LogP contribution in [0, 0.1) is 30.1 Å². The maximum Gasteiger partial charge on any atom is 0.209 e. The van der Waals surface area contributed by atoms with Gasteiger partial charge in [-0.05, 0) is 57.1 Å². The molecule has 2 unspecified atom stereocenters. The maximum absolute atomic E-state index is 12.2. The van der Waals surface area contributed by atoms with Crippen LogP contribution in [0.25, 0.3) is 11.2 Å². The highest BCUT2D eigenvalue weighted by Gasteiger charge is 2.74. The third kappa shape index (κ3) is 2.97. The topological polar surface area (TPSA) is 113 Å². The van der Waals surface area contributed by atoms with Crippen LogP contribution in [0.2, 0.25) is 0 Å². The molecule has 3 heterocycles. The van der Waals surface area contributed by atoms with Gasteiger partial charge in [0.25, 0.3) is 0 Å². The molecular weight excluding hydrogens is 414 g/mol. The molecule has 0 radical (unpaired) electrons. The van der Waals surface area contributed by atoms with Gasteiger partial charge in [-0.2, -0.15) is 0 Å². The van der Waals surface area contributed by atoms with Crippen molar-refractivity contribution in [2.45, 2.75) is 45.4 Å². The first-order chi connectivity index (χ1) is 14.9. The summed E-state index contributed by atoms with van der Waals surface area (Å²) in [5, 5.41) is 24.6. The van der Waals surface area contributed by atoms with Crippen molar-refractivity contribution in [3.8, 4) is 11.8 Å². The van der Waals surface area contributed by atoms with E-state index in [0.29, 0.717) is 35.8 Å². The summed E-state index contributed by atoms with van der Waals surface area (Å²) in [6.45, 7) is 6.13. The van der Waals surface area contributed by atoms with Crippen molar-refractivity contribution in [2.75, 3.05) is 11.9 Å². The van der Waals surface area contributed by atoms with Crippen LogP contribution in [0.5, 0.6) is 0 Å². The van der Waals surface area contributed by atoms with Crippen LogP contribution < -0.4 is 5.32 Å². The van der Waals surface area contributed by atoms with Crippen molar-refractivity contribution in [2.24, 2.45) is 11.3 Å². The number of hydrogen-bond donors (Lipinski definition) is 3. The van der Waals surface area contributed by atoms with Gasteiger partial charge in [0.05, 0.1) is 28.8 Å². The first-order valence-corrected chi connectivity index (χ1v) is 11.1. The van der Waals surface area contributed by atoms with Crippen LogP contribution >= 0.6 is 11.3 Å². The summed E-state index contributed by atoms with van der Waals surface area (Å²) in [6, 6.07) is 3.50. The van der Waals surface area contributed by atoms with E-state index in [-0.39, 0.29) is 11.7 Å². The molecule has 0 aromatic carbocycles. The Morgan fingerprint density at radius 3 is 2.81 bits per heavy atom. The predicted octanol–water partition coefficient (Wildman–Crippen LogP) is 1.90. The number of aryl methyl sites for hydroxylation is 1. The van der Waals surface area contributed by atoms with Crippen molar-refractivity contribution in [3.05, 3.63) is 34.0 Å². The fourth-order valence-corrected chi connectivity index (χ4v) is 5.59. The van der Waals surface area contributed by atoms with E-state index < -0.39 is 23.7 Å². The number of anilines is 1. The molecule has 3 aromatic heterocycles. The van der Waals surface area contributed by atoms with Gasteiger partial charge in [0.2, 0.25) is 5.82 Å². The Kier molecular flexibility index (Phi) is 4.62. The number of carbonyl (C=O) groups is 1. The number of aliphatic hydroxyl groups is 2. The molecule has 160 valence electrons. The number of imidazole rings is 1. The number of Topliss-reactive ketones (excluding diaryl/α,β-unsaturated/α-hetero) is 1. The number of hydrogen-bond acceptors (Lipinski definition) is 8. The first kappa shape index (κ1) is 20.1. The van der Waals surface area contributed by atoms with Gasteiger partial charge in [-0.15, -0.1) is 11.3 Å². The number of aromatic nitrogens is 4. The molecule has 0 amide bonds. The van der Waals surface area contributed by atoms with E-state index in [4.69, 9.17) is 0 Å². The van der Waals surface area contributed by atoms with Crippen molar-refractivity contribution in [1.82, 2.24) is 19.5 Å². The molecule has 3 N–H and O–H groups in total. The lowest BCUT2D eigenvalue weighted by Crippen LogP contribution is -2.36. The SMILES string of the molecule is CCNc1nc(C#Cc2ccc(C)s2)nc2c1ncn2[C@@H]1C2C[C@]2(C(C)=O)C(O)[C@H]1O. The molecule has 2 aliphatic rings. The lowest BCUT2D eigenvalue weighted by Gasteiger charge is -2.23. The summed E-state index contributed by atoms with van der Waals surface area (Å²) in [5.41, 5.74) is 0.236. The quantitative estimate of drug-likeness (QED) is 0.534. The largest absolute Gasteiger partial charge is 0.389 e. The summed E-state index contributed by atoms with van der Waals surface area (Å²) >= 11 is 1.60. The zero-order chi connectivity index (χ0) is 21.9. The van der Waals surface area contributed by atoms with Gasteiger partial charge in [0.15, 0.2) is 17.0 Å². The van der Waals surface area contributed by atoms with E-state index in [1.165, 1.54) is 11.8 Å². The molecular formula is C22H23N5O3S. The fourth-order valence-electron chi connectivity index (χ4n) is 4.87. The maximum atomic E-state index is 12.2. The van der Waals surface area contributed by atoms with Crippen molar-refractivity contribution < 1.29 is 15.0 Å². The standard InChI is InChI=1S/C22H23N5O3S/c1-4-23-20-16-21(26-15(25-20)8-7-13-6-5-11(2)31-13)27(10-24-16)17-14-9-22(14,12(3)28)19(30)18(17)29/h5-6,10,14,17-19,29-30H,4,9H2,1-3H3,(H,23,25,26)/t14?,17-,18+,19?,22-/m1/s1. The molecule has 31 heavy (non-hydrogen) atoms. The Morgan fingerprint density at radius 1 is 1.35 bits per heavy atom. The van der Waals surface area contributed by atoms with Crippen LogP contribution in [-0.2, 0) is 4.79 Å². The van der Waals surface area contributed by atoms with Gasteiger partial charge < -0.3 is 20.1 Å². The van der Waals surface area contributed by atoms with Crippen molar-refractivity contribution in [1.29, 1.82) is 0 Å². The second kappa shape index (κ2) is 7.12. The molecule has 0 spiro atoms. The van der Waals surface area contributed by atoms with E-state index in [9.17, 15) is 15.0 Å². The number of aliphatic hydroxyl groups excluding tert-OH is 2. The minimum atomic E-state index is -1.09. The molecule has 5 rings (SSSR count). The summed E-state index contributed by atoms with van der Waals surface area (Å²) in [5.74, 6) is 6.82. The van der Waals surface area contributed by atoms with Gasteiger partial charge in [0.1, 0.15) is 11.9 Å². The Labute approximate surface area is 183 Å². The number of nitrogens with one attached hydrogen (secondary N) is 1. The number of fused-ring (bicyclic) bond motifs is 2. The summed E-state index contributed by atoms with van der Waals surface area (Å²) < 4.78 is 1.77. The molecule has 8 nitrogen and oxygen atoms in total. The van der Waals surface area contributed by atoms with Gasteiger partial charge in [0, 0.05) is 11.4 Å². The van der Waals surface area contributed by atoms with Crippen molar-refractivity contribution in [3.63, 3.8) is 0 Å². The lowest BCUT2D eigenvalue weighted by atomic mass is 9.95. The molecule has 2 saturated carbocycles. The zero-order valence-electron chi connectivity index (χ0n) is 17.5. The summed E-state index contributed by atoms with van der Waals surface area (Å²) in [4.78, 5) is 27.9. The van der Waals surface area contributed by atoms with E-state index >= 15 is 0 Å². The molecule has 3 aromatic rings. The Morgan fingerprint density at radius 2 is 2.16 bits per heavy atom. The normalized spacial score (nSPS) is 28.8. The molecule has 0 saturated heterocycles. The molecule has 0 aliphatic heterocycles. The molecule has 5 atom stereocenters. The highest BCUT2D eigenvalue weighted by Crippen LogP contribution is 2.68. The summed E-state index contributed by atoms with van der Waals surface area (Å²) in [7, 11) is 0. The summed E-state index contributed by atoms with van der Waals surface area (Å²) in [6.07, 6.45) is 0.00498. The second-order valence-electron chi connectivity index (χ2n) is 8.24. The highest BCUT2D eigenvalue weighted by molar-refractivity contribution is 7.12. The van der Waals surface area contributed by atoms with Crippen LogP contribution in [0.3, 0.4) is 0 Å². The minimum Gasteiger partial charge on any atom is -0.389 e. The van der Waals surface area contributed by atoms with Crippen LogP contribution in [0.1, 0.15) is 41.9 Å². The molecule has 2 fully saturated rings. The molecule has 2 aliphatic carbocycles. The molecule has 0 bridgehead atoms. The molecule has 9 heteroatoms. The Balaban J connectivity index is 1.60. The monoisotopic (exact) mass is 437 g/mol. The average molecular weight is 438 g/mol. The van der Waals surface area contributed by atoms with Gasteiger partial charge in [-0.1, -0.05) is 0 Å². The van der Waals surface area contributed by atoms with E-state index in [1.807, 2.05) is 26.0 Å². The van der Waals surface area contributed by atoms with E-state index in [0.717, 1.165) is 4.88 Å². The average Bonchev–Trinajstić information content (AvgIpc) is 2.99. The third-order valence-corrected chi connectivity index (χ3v) is 7.37. The number of carbonyl (C=O) groups excluding carboxylic acids is 1. The lowest BCUT2D eigenvalue weighted by molar-refractivity contribution is -0.128. The number of rotatable bonds is 4. The number of thiophene rings is 1. The minimum absolute atomic E-state index is 0.0864. The van der Waals surface area contributed by atoms with Crippen LogP contribution in [-0.4, -0.2) is 54.3 Å². The number of ketones is 1. The smallest absolute Gasteiger partial charge is 0.209 e.